The summed E-state index contributed by atoms with van der Waals surface area (Å²) >= 11 is 0. The van der Waals surface area contributed by atoms with E-state index in [2.05, 4.69) is 28.5 Å². The highest BCUT2D eigenvalue weighted by atomic mass is 16.5. The summed E-state index contributed by atoms with van der Waals surface area (Å²) in [4.78, 5) is 4.66. The Morgan fingerprint density at radius 1 is 0.966 bits per heavy atom. The fraction of sp³-hybridized carbons (Fsp3) is 0.208. The summed E-state index contributed by atoms with van der Waals surface area (Å²) in [7, 11) is 3.35. The average Bonchev–Trinajstić information content (AvgIpc) is 3.25. The fourth-order valence-corrected chi connectivity index (χ4v) is 3.44. The van der Waals surface area contributed by atoms with Crippen LogP contribution in [0.2, 0.25) is 0 Å². The Balaban J connectivity index is 1.39. The first-order chi connectivity index (χ1) is 14.3. The second-order valence-electron chi connectivity index (χ2n) is 6.78. The monoisotopic (exact) mass is 388 g/mol. The third-order valence-corrected chi connectivity index (χ3v) is 4.94. The predicted molar refractivity (Wildman–Crippen MR) is 114 cm³/mol. The maximum absolute atomic E-state index is 5.75. The predicted octanol–water partition coefficient (Wildman–Crippen LogP) is 4.84. The van der Waals surface area contributed by atoms with E-state index >= 15 is 0 Å². The van der Waals surface area contributed by atoms with Crippen molar-refractivity contribution < 1.29 is 13.9 Å². The van der Waals surface area contributed by atoms with Gasteiger partial charge in [0.25, 0.3) is 0 Å². The van der Waals surface area contributed by atoms with Gasteiger partial charge < -0.3 is 19.2 Å². The van der Waals surface area contributed by atoms with Gasteiger partial charge >= 0.3 is 0 Å². The van der Waals surface area contributed by atoms with Crippen LogP contribution in [0, 0.1) is 0 Å². The van der Waals surface area contributed by atoms with Crippen LogP contribution in [0.5, 0.6) is 11.5 Å². The van der Waals surface area contributed by atoms with Crippen molar-refractivity contribution in [2.45, 2.75) is 13.0 Å². The highest BCUT2D eigenvalue weighted by Gasteiger charge is 2.10. The SMILES string of the molecule is COc1ccc(OC)c(CCNCc2coc(-c3cccc4ccccc34)n2)c1. The molecule has 0 radical (unpaired) electrons. The topological polar surface area (TPSA) is 56.5 Å². The van der Waals surface area contributed by atoms with Gasteiger partial charge in [-0.1, -0.05) is 36.4 Å². The average molecular weight is 388 g/mol. The molecule has 0 aliphatic rings. The Morgan fingerprint density at radius 2 is 1.83 bits per heavy atom. The lowest BCUT2D eigenvalue weighted by atomic mass is 10.0. The first-order valence-electron chi connectivity index (χ1n) is 9.62. The number of ether oxygens (including phenoxy) is 2. The molecule has 1 aromatic heterocycles. The third kappa shape index (κ3) is 4.25. The van der Waals surface area contributed by atoms with E-state index in [1.807, 2.05) is 42.5 Å². The molecule has 0 aliphatic carbocycles. The van der Waals surface area contributed by atoms with Crippen LogP contribution < -0.4 is 14.8 Å². The maximum atomic E-state index is 5.75. The van der Waals surface area contributed by atoms with Crippen LogP contribution >= 0.6 is 0 Å². The summed E-state index contributed by atoms with van der Waals surface area (Å²) in [6.45, 7) is 1.43. The van der Waals surface area contributed by atoms with Gasteiger partial charge in [-0.2, -0.15) is 0 Å². The molecule has 0 bridgehead atoms. The van der Waals surface area contributed by atoms with Crippen LogP contribution in [0.15, 0.2) is 71.3 Å². The van der Waals surface area contributed by atoms with E-state index in [0.717, 1.165) is 46.7 Å². The lowest BCUT2D eigenvalue weighted by Gasteiger charge is -2.10. The normalized spacial score (nSPS) is 11.0. The van der Waals surface area contributed by atoms with Gasteiger partial charge in [-0.15, -0.1) is 0 Å². The summed E-state index contributed by atoms with van der Waals surface area (Å²) in [6, 6.07) is 20.3. The van der Waals surface area contributed by atoms with Gasteiger partial charge in [0, 0.05) is 12.1 Å². The minimum atomic E-state index is 0.639. The number of rotatable bonds is 8. The van der Waals surface area contributed by atoms with Crippen LogP contribution in [0.1, 0.15) is 11.3 Å². The largest absolute Gasteiger partial charge is 0.497 e. The second-order valence-corrected chi connectivity index (χ2v) is 6.78. The van der Waals surface area contributed by atoms with E-state index < -0.39 is 0 Å². The quantitative estimate of drug-likeness (QED) is 0.438. The molecule has 148 valence electrons. The number of benzene rings is 3. The van der Waals surface area contributed by atoms with Crippen molar-refractivity contribution in [2.75, 3.05) is 20.8 Å². The zero-order chi connectivity index (χ0) is 20.1. The summed E-state index contributed by atoms with van der Waals surface area (Å²) < 4.78 is 16.5. The van der Waals surface area contributed by atoms with Crippen molar-refractivity contribution in [2.24, 2.45) is 0 Å². The molecule has 0 unspecified atom stereocenters. The van der Waals surface area contributed by atoms with Gasteiger partial charge in [-0.3, -0.25) is 0 Å². The molecule has 0 aliphatic heterocycles. The Labute approximate surface area is 170 Å². The van der Waals surface area contributed by atoms with Crippen LogP contribution in [-0.2, 0) is 13.0 Å². The number of methoxy groups -OCH3 is 2. The number of aromatic nitrogens is 1. The van der Waals surface area contributed by atoms with Crippen molar-refractivity contribution in [3.05, 3.63) is 78.2 Å². The summed E-state index contributed by atoms with van der Waals surface area (Å²) in [5.74, 6) is 2.34. The number of nitrogens with one attached hydrogen (secondary N) is 1. The molecule has 5 nitrogen and oxygen atoms in total. The van der Waals surface area contributed by atoms with Crippen molar-refractivity contribution in [3.63, 3.8) is 0 Å². The van der Waals surface area contributed by atoms with Gasteiger partial charge in [0.2, 0.25) is 5.89 Å². The Hall–Kier alpha value is -3.31. The second kappa shape index (κ2) is 8.80. The molecular formula is C24H24N2O3. The van der Waals surface area contributed by atoms with Crippen LogP contribution in [0.4, 0.5) is 0 Å². The highest BCUT2D eigenvalue weighted by molar-refractivity contribution is 5.94. The van der Waals surface area contributed by atoms with Gasteiger partial charge in [0.15, 0.2) is 0 Å². The fourth-order valence-electron chi connectivity index (χ4n) is 3.44. The van der Waals surface area contributed by atoms with Crippen LogP contribution in [-0.4, -0.2) is 25.7 Å². The third-order valence-electron chi connectivity index (χ3n) is 4.94. The maximum Gasteiger partial charge on any atom is 0.226 e. The van der Waals surface area contributed by atoms with Crippen molar-refractivity contribution in [1.82, 2.24) is 10.3 Å². The molecule has 3 aromatic carbocycles. The molecule has 1 N–H and O–H groups in total. The zero-order valence-electron chi connectivity index (χ0n) is 16.6. The first-order valence-corrected chi connectivity index (χ1v) is 9.62. The van der Waals surface area contributed by atoms with Gasteiger partial charge in [-0.05, 0) is 53.6 Å². The lowest BCUT2D eigenvalue weighted by Crippen LogP contribution is -2.17. The minimum Gasteiger partial charge on any atom is -0.497 e. The van der Waals surface area contributed by atoms with E-state index in [0.29, 0.717) is 12.4 Å². The molecule has 0 saturated carbocycles. The van der Waals surface area contributed by atoms with Crippen molar-refractivity contribution in [3.8, 4) is 23.0 Å². The number of fused-ring (bicyclic) bond motifs is 1. The molecule has 1 heterocycles. The minimum absolute atomic E-state index is 0.639. The molecule has 0 spiro atoms. The molecule has 4 rings (SSSR count). The Kier molecular flexibility index (Phi) is 5.77. The van der Waals surface area contributed by atoms with Gasteiger partial charge in [-0.25, -0.2) is 4.98 Å². The number of nitrogens with zero attached hydrogens (tertiary/aromatic N) is 1. The highest BCUT2D eigenvalue weighted by Crippen LogP contribution is 2.28. The lowest BCUT2D eigenvalue weighted by molar-refractivity contribution is 0.398. The smallest absolute Gasteiger partial charge is 0.226 e. The summed E-state index contributed by atoms with van der Waals surface area (Å²) in [5.41, 5.74) is 3.00. The molecule has 0 amide bonds. The van der Waals surface area contributed by atoms with E-state index in [1.54, 1.807) is 20.5 Å². The summed E-state index contributed by atoms with van der Waals surface area (Å²) in [5, 5.41) is 5.74. The molecular weight excluding hydrogens is 364 g/mol. The molecule has 29 heavy (non-hydrogen) atoms. The molecule has 0 saturated heterocycles. The van der Waals surface area contributed by atoms with E-state index in [1.165, 1.54) is 5.39 Å². The number of oxazole rings is 1. The first kappa shape index (κ1) is 19.0. The Morgan fingerprint density at radius 3 is 2.69 bits per heavy atom. The molecule has 0 atom stereocenters. The van der Waals surface area contributed by atoms with E-state index in [9.17, 15) is 0 Å². The van der Waals surface area contributed by atoms with E-state index in [4.69, 9.17) is 13.9 Å². The molecule has 5 heteroatoms. The molecule has 0 fully saturated rings. The summed E-state index contributed by atoms with van der Waals surface area (Å²) in [6.07, 6.45) is 2.55. The number of hydrogen-bond acceptors (Lipinski definition) is 5. The zero-order valence-corrected chi connectivity index (χ0v) is 16.6. The van der Waals surface area contributed by atoms with Gasteiger partial charge in [0.05, 0.1) is 19.9 Å². The van der Waals surface area contributed by atoms with Crippen LogP contribution in [0.3, 0.4) is 0 Å². The van der Waals surface area contributed by atoms with Crippen LogP contribution in [0.25, 0.3) is 22.2 Å². The van der Waals surface area contributed by atoms with Crippen molar-refractivity contribution >= 4 is 10.8 Å². The van der Waals surface area contributed by atoms with Crippen molar-refractivity contribution in [1.29, 1.82) is 0 Å². The standard InChI is InChI=1S/C24H24N2O3/c1-27-20-10-11-23(28-2)18(14-20)12-13-25-15-19-16-29-24(26-19)22-9-5-7-17-6-3-4-8-21(17)22/h3-11,14,16,25H,12-13,15H2,1-2H3. The van der Waals surface area contributed by atoms with Gasteiger partial charge in [0.1, 0.15) is 17.8 Å². The van der Waals surface area contributed by atoms with E-state index in [-0.39, 0.29) is 0 Å². The Bertz CT molecular complexity index is 1100. The molecule has 4 aromatic rings. The number of hydrogen-bond donors (Lipinski definition) is 1.